The van der Waals surface area contributed by atoms with E-state index in [9.17, 15) is 9.59 Å². The summed E-state index contributed by atoms with van der Waals surface area (Å²) in [7, 11) is 1.52. The van der Waals surface area contributed by atoms with Gasteiger partial charge in [0.05, 0.1) is 12.1 Å². The molecule has 0 radical (unpaired) electrons. The molecule has 0 atom stereocenters. The quantitative estimate of drug-likeness (QED) is 0.849. The number of para-hydroxylation sites is 1. The summed E-state index contributed by atoms with van der Waals surface area (Å²) < 4.78 is 5.11. The minimum atomic E-state index is -0.275. The molecule has 0 bridgehead atoms. The first-order valence-electron chi connectivity index (χ1n) is 7.95. The van der Waals surface area contributed by atoms with Crippen molar-refractivity contribution in [2.24, 2.45) is 0 Å². The van der Waals surface area contributed by atoms with E-state index < -0.39 is 0 Å². The maximum atomic E-state index is 12.4. The summed E-state index contributed by atoms with van der Waals surface area (Å²) in [6, 6.07) is 12.6. The van der Waals surface area contributed by atoms with Crippen molar-refractivity contribution in [3.63, 3.8) is 0 Å². The number of nitrogens with zero attached hydrogens (tertiary/aromatic N) is 1. The molecule has 25 heavy (non-hydrogen) atoms. The Morgan fingerprint density at radius 3 is 2.52 bits per heavy atom. The van der Waals surface area contributed by atoms with Crippen LogP contribution in [0.3, 0.4) is 0 Å². The number of hydrogen-bond donors (Lipinski definition) is 1. The molecule has 0 unspecified atom stereocenters. The molecule has 0 aliphatic rings. The summed E-state index contributed by atoms with van der Waals surface area (Å²) in [4.78, 5) is 25.8. The van der Waals surface area contributed by atoms with Crippen molar-refractivity contribution >= 4 is 34.8 Å². The van der Waals surface area contributed by atoms with Crippen molar-refractivity contribution in [1.29, 1.82) is 0 Å². The molecule has 1 N–H and O–H groups in total. The summed E-state index contributed by atoms with van der Waals surface area (Å²) >= 11 is 6.12. The van der Waals surface area contributed by atoms with Gasteiger partial charge in [-0.2, -0.15) is 0 Å². The molecule has 0 saturated heterocycles. The summed E-state index contributed by atoms with van der Waals surface area (Å²) in [5.41, 5.74) is 2.33. The molecule has 132 valence electrons. The fourth-order valence-electron chi connectivity index (χ4n) is 2.49. The topological polar surface area (TPSA) is 58.6 Å². The van der Waals surface area contributed by atoms with Crippen molar-refractivity contribution < 1.29 is 14.3 Å². The first-order valence-corrected chi connectivity index (χ1v) is 8.33. The Bertz CT molecular complexity index is 777. The van der Waals surface area contributed by atoms with Crippen LogP contribution in [0.1, 0.15) is 19.4 Å². The maximum Gasteiger partial charge on any atom is 0.244 e. The van der Waals surface area contributed by atoms with Gasteiger partial charge in [0.1, 0.15) is 12.3 Å². The van der Waals surface area contributed by atoms with Gasteiger partial charge in [-0.1, -0.05) is 36.7 Å². The molecule has 0 saturated carbocycles. The number of nitrogens with one attached hydrogen (secondary N) is 1. The fraction of sp³-hybridized carbons (Fsp3) is 0.263. The highest BCUT2D eigenvalue weighted by atomic mass is 35.5. The second-order valence-corrected chi connectivity index (χ2v) is 5.89. The lowest BCUT2D eigenvalue weighted by atomic mass is 10.1. The molecule has 0 aliphatic heterocycles. The van der Waals surface area contributed by atoms with E-state index in [0.29, 0.717) is 16.5 Å². The number of ether oxygens (including phenoxy) is 1. The molecule has 2 aromatic rings. The van der Waals surface area contributed by atoms with Crippen LogP contribution in [0.4, 0.5) is 11.4 Å². The van der Waals surface area contributed by atoms with Crippen LogP contribution in [-0.4, -0.2) is 25.5 Å². The average Bonchev–Trinajstić information content (AvgIpc) is 2.59. The molecule has 2 aromatic carbocycles. The van der Waals surface area contributed by atoms with Crippen LogP contribution in [0.5, 0.6) is 5.75 Å². The second-order valence-electron chi connectivity index (χ2n) is 5.48. The zero-order chi connectivity index (χ0) is 18.4. The van der Waals surface area contributed by atoms with E-state index in [2.05, 4.69) is 5.32 Å². The highest BCUT2D eigenvalue weighted by Gasteiger charge is 2.17. The number of benzene rings is 2. The van der Waals surface area contributed by atoms with Crippen molar-refractivity contribution in [2.45, 2.75) is 20.3 Å². The molecule has 5 nitrogen and oxygen atoms in total. The number of hydrogen-bond acceptors (Lipinski definition) is 3. The lowest BCUT2D eigenvalue weighted by molar-refractivity contribution is -0.120. The third-order valence-corrected chi connectivity index (χ3v) is 4.10. The minimum absolute atomic E-state index is 0.101. The highest BCUT2D eigenvalue weighted by Crippen LogP contribution is 2.29. The Balaban J connectivity index is 2.17. The van der Waals surface area contributed by atoms with E-state index in [1.165, 1.54) is 18.9 Å². The number of halogens is 1. The molecule has 2 amide bonds. The van der Waals surface area contributed by atoms with Gasteiger partial charge >= 0.3 is 0 Å². The second kappa shape index (κ2) is 8.53. The largest absolute Gasteiger partial charge is 0.495 e. The van der Waals surface area contributed by atoms with Gasteiger partial charge in [0.25, 0.3) is 0 Å². The highest BCUT2D eigenvalue weighted by molar-refractivity contribution is 6.32. The van der Waals surface area contributed by atoms with Crippen LogP contribution in [0.15, 0.2) is 42.5 Å². The van der Waals surface area contributed by atoms with Gasteiger partial charge in [-0.25, -0.2) is 0 Å². The number of carbonyl (C=O) groups is 2. The Morgan fingerprint density at radius 2 is 1.92 bits per heavy atom. The molecular weight excluding hydrogens is 340 g/mol. The third-order valence-electron chi connectivity index (χ3n) is 3.80. The maximum absolute atomic E-state index is 12.4. The lowest BCUT2D eigenvalue weighted by Crippen LogP contribution is -2.36. The molecule has 0 aromatic heterocycles. The smallest absolute Gasteiger partial charge is 0.244 e. The van der Waals surface area contributed by atoms with Gasteiger partial charge in [-0.05, 0) is 36.2 Å². The standard InChI is InChI=1S/C19H21ClN2O3/c1-4-14-7-5-6-8-17(14)21-19(24)12-22(13(2)23)15-9-10-18(25-3)16(20)11-15/h5-11H,4,12H2,1-3H3,(H,21,24). The van der Waals surface area contributed by atoms with Gasteiger partial charge < -0.3 is 15.0 Å². The van der Waals surface area contributed by atoms with Crippen molar-refractivity contribution in [3.05, 3.63) is 53.1 Å². The van der Waals surface area contributed by atoms with Crippen LogP contribution in [0.25, 0.3) is 0 Å². The van der Waals surface area contributed by atoms with Gasteiger partial charge in [0, 0.05) is 18.3 Å². The third kappa shape index (κ3) is 4.73. The van der Waals surface area contributed by atoms with Crippen LogP contribution < -0.4 is 15.0 Å². The minimum Gasteiger partial charge on any atom is -0.495 e. The molecule has 6 heteroatoms. The summed E-state index contributed by atoms with van der Waals surface area (Å²) in [6.45, 7) is 3.33. The van der Waals surface area contributed by atoms with Crippen LogP contribution >= 0.6 is 11.6 Å². The molecule has 2 rings (SSSR count). The van der Waals surface area contributed by atoms with Crippen molar-refractivity contribution in [2.75, 3.05) is 23.9 Å². The Kier molecular flexibility index (Phi) is 6.42. The number of carbonyl (C=O) groups excluding carboxylic acids is 2. The predicted molar refractivity (Wildman–Crippen MR) is 100 cm³/mol. The van der Waals surface area contributed by atoms with E-state index in [4.69, 9.17) is 16.3 Å². The Morgan fingerprint density at radius 1 is 1.20 bits per heavy atom. The Hall–Kier alpha value is -2.53. The van der Waals surface area contributed by atoms with Crippen molar-refractivity contribution in [3.8, 4) is 5.75 Å². The van der Waals surface area contributed by atoms with Crippen molar-refractivity contribution in [1.82, 2.24) is 0 Å². The number of amides is 2. The molecule has 0 fully saturated rings. The van der Waals surface area contributed by atoms with Crippen LogP contribution in [0, 0.1) is 0 Å². The predicted octanol–water partition coefficient (Wildman–Crippen LogP) is 3.90. The molecule has 0 spiro atoms. The first kappa shape index (κ1) is 18.8. The van der Waals surface area contributed by atoms with Gasteiger partial charge in [-0.3, -0.25) is 9.59 Å². The summed E-state index contributed by atoms with van der Waals surface area (Å²) in [5, 5.41) is 3.24. The van der Waals surface area contributed by atoms with E-state index >= 15 is 0 Å². The fourth-order valence-corrected chi connectivity index (χ4v) is 2.74. The number of methoxy groups -OCH3 is 1. The van der Waals surface area contributed by atoms with E-state index in [1.54, 1.807) is 18.2 Å². The normalized spacial score (nSPS) is 10.2. The first-order chi connectivity index (χ1) is 12.0. The lowest BCUT2D eigenvalue weighted by Gasteiger charge is -2.21. The Labute approximate surface area is 152 Å². The average molecular weight is 361 g/mol. The van der Waals surface area contributed by atoms with E-state index in [0.717, 1.165) is 17.7 Å². The van der Waals surface area contributed by atoms with E-state index in [-0.39, 0.29) is 18.4 Å². The SMILES string of the molecule is CCc1ccccc1NC(=O)CN(C(C)=O)c1ccc(OC)c(Cl)c1. The summed E-state index contributed by atoms with van der Waals surface area (Å²) in [5.74, 6) is -0.0153. The zero-order valence-electron chi connectivity index (χ0n) is 14.5. The number of aryl methyl sites for hydroxylation is 1. The number of rotatable bonds is 6. The molecular formula is C19H21ClN2O3. The zero-order valence-corrected chi connectivity index (χ0v) is 15.3. The number of anilines is 2. The van der Waals surface area contributed by atoms with Gasteiger partial charge in [0.2, 0.25) is 11.8 Å². The van der Waals surface area contributed by atoms with Gasteiger partial charge in [-0.15, -0.1) is 0 Å². The monoisotopic (exact) mass is 360 g/mol. The van der Waals surface area contributed by atoms with Gasteiger partial charge in [0.15, 0.2) is 0 Å². The molecule has 0 heterocycles. The molecule has 0 aliphatic carbocycles. The van der Waals surface area contributed by atoms with Crippen LogP contribution in [-0.2, 0) is 16.0 Å². The van der Waals surface area contributed by atoms with E-state index in [1.807, 2.05) is 31.2 Å². The van der Waals surface area contributed by atoms with Crippen LogP contribution in [0.2, 0.25) is 5.02 Å². The summed E-state index contributed by atoms with van der Waals surface area (Å²) in [6.07, 6.45) is 0.807.